The first-order valence-corrected chi connectivity index (χ1v) is 10.9. The molecule has 1 saturated heterocycles. The van der Waals surface area contributed by atoms with E-state index in [1.807, 2.05) is 42.5 Å². The summed E-state index contributed by atoms with van der Waals surface area (Å²) in [5, 5.41) is 0.982. The van der Waals surface area contributed by atoms with Gasteiger partial charge in [0.15, 0.2) is 0 Å². The Morgan fingerprint density at radius 2 is 1.58 bits per heavy atom. The van der Waals surface area contributed by atoms with Crippen molar-refractivity contribution >= 4 is 35.2 Å². The van der Waals surface area contributed by atoms with Crippen LogP contribution in [-0.4, -0.2) is 52.8 Å². The third-order valence-electron chi connectivity index (χ3n) is 4.98. The van der Waals surface area contributed by atoms with Crippen molar-refractivity contribution in [1.82, 2.24) is 14.8 Å². The summed E-state index contributed by atoms with van der Waals surface area (Å²) in [5.74, 6) is -0.810. The molecular formula is C23H19ClFN3O2S. The van der Waals surface area contributed by atoms with Gasteiger partial charge in [0.2, 0.25) is 0 Å². The molecule has 1 aliphatic rings. The number of hydrogen-bond acceptors (Lipinski definition) is 4. The Morgan fingerprint density at radius 3 is 2.19 bits per heavy atom. The Hall–Kier alpha value is -2.90. The standard InChI is InChI=1S/C23H19ClFN3O2S/c24-20-15-17(25)6-9-19(20)23(30)28-13-11-27(12-14-28)22(29)16-4-7-18(8-5-16)31-21-3-1-2-10-26-21/h1-10,15H,11-14H2. The van der Waals surface area contributed by atoms with Crippen LogP contribution in [0, 0.1) is 5.82 Å². The molecule has 4 rings (SSSR count). The average molecular weight is 456 g/mol. The molecule has 3 aromatic rings. The molecule has 0 saturated carbocycles. The Kier molecular flexibility index (Phi) is 6.53. The maximum atomic E-state index is 13.2. The Bertz CT molecular complexity index is 1090. The van der Waals surface area contributed by atoms with Crippen LogP contribution in [0.2, 0.25) is 5.02 Å². The van der Waals surface area contributed by atoms with Gasteiger partial charge in [-0.2, -0.15) is 0 Å². The van der Waals surface area contributed by atoms with Gasteiger partial charge >= 0.3 is 0 Å². The molecule has 8 heteroatoms. The minimum Gasteiger partial charge on any atom is -0.335 e. The number of carbonyl (C=O) groups is 2. The van der Waals surface area contributed by atoms with Gasteiger partial charge in [-0.05, 0) is 54.6 Å². The average Bonchev–Trinajstić information content (AvgIpc) is 2.79. The molecule has 0 spiro atoms. The van der Waals surface area contributed by atoms with Crippen LogP contribution in [0.25, 0.3) is 0 Å². The number of carbonyl (C=O) groups excluding carboxylic acids is 2. The number of piperazine rings is 1. The lowest BCUT2D eigenvalue weighted by Gasteiger charge is -2.35. The summed E-state index contributed by atoms with van der Waals surface area (Å²) in [6, 6.07) is 16.9. The van der Waals surface area contributed by atoms with Crippen molar-refractivity contribution in [2.24, 2.45) is 0 Å². The van der Waals surface area contributed by atoms with Gasteiger partial charge in [-0.25, -0.2) is 9.37 Å². The molecule has 2 heterocycles. The van der Waals surface area contributed by atoms with Gasteiger partial charge in [0, 0.05) is 42.8 Å². The van der Waals surface area contributed by atoms with Crippen molar-refractivity contribution in [3.8, 4) is 0 Å². The van der Waals surface area contributed by atoms with E-state index in [2.05, 4.69) is 4.98 Å². The predicted octanol–water partition coefficient (Wildman–Crippen LogP) is 4.62. The van der Waals surface area contributed by atoms with Crippen molar-refractivity contribution in [3.63, 3.8) is 0 Å². The summed E-state index contributed by atoms with van der Waals surface area (Å²) in [6.07, 6.45) is 1.74. The first-order valence-electron chi connectivity index (χ1n) is 9.74. The molecule has 5 nitrogen and oxygen atoms in total. The molecule has 158 valence electrons. The number of hydrogen-bond donors (Lipinski definition) is 0. The highest BCUT2D eigenvalue weighted by Crippen LogP contribution is 2.26. The van der Waals surface area contributed by atoms with E-state index >= 15 is 0 Å². The van der Waals surface area contributed by atoms with Crippen LogP contribution in [0.3, 0.4) is 0 Å². The predicted molar refractivity (Wildman–Crippen MR) is 118 cm³/mol. The molecule has 1 aliphatic heterocycles. The lowest BCUT2D eigenvalue weighted by Crippen LogP contribution is -2.50. The zero-order valence-electron chi connectivity index (χ0n) is 16.5. The normalized spacial score (nSPS) is 13.9. The number of pyridine rings is 1. The molecule has 31 heavy (non-hydrogen) atoms. The fourth-order valence-electron chi connectivity index (χ4n) is 3.32. The van der Waals surface area contributed by atoms with E-state index in [4.69, 9.17) is 11.6 Å². The topological polar surface area (TPSA) is 53.5 Å². The Morgan fingerprint density at radius 1 is 0.903 bits per heavy atom. The quantitative estimate of drug-likeness (QED) is 0.576. The largest absolute Gasteiger partial charge is 0.335 e. The molecule has 0 unspecified atom stereocenters. The maximum absolute atomic E-state index is 13.2. The van der Waals surface area contributed by atoms with Crippen molar-refractivity contribution in [2.45, 2.75) is 9.92 Å². The van der Waals surface area contributed by atoms with Crippen molar-refractivity contribution in [1.29, 1.82) is 0 Å². The number of halogens is 2. The highest BCUT2D eigenvalue weighted by atomic mass is 35.5. The summed E-state index contributed by atoms with van der Waals surface area (Å²) < 4.78 is 13.2. The highest BCUT2D eigenvalue weighted by Gasteiger charge is 2.26. The molecular weight excluding hydrogens is 437 g/mol. The molecule has 0 bridgehead atoms. The van der Waals surface area contributed by atoms with Crippen LogP contribution in [0.15, 0.2) is 76.8 Å². The van der Waals surface area contributed by atoms with E-state index < -0.39 is 5.82 Å². The highest BCUT2D eigenvalue weighted by molar-refractivity contribution is 7.99. The van der Waals surface area contributed by atoms with Gasteiger partial charge in [-0.1, -0.05) is 29.4 Å². The van der Waals surface area contributed by atoms with Crippen LogP contribution in [0.4, 0.5) is 4.39 Å². The number of aromatic nitrogens is 1. The number of rotatable bonds is 4. The third kappa shape index (κ3) is 5.06. The first kappa shape index (κ1) is 21.3. The number of benzene rings is 2. The van der Waals surface area contributed by atoms with E-state index in [9.17, 15) is 14.0 Å². The lowest BCUT2D eigenvalue weighted by molar-refractivity contribution is 0.0535. The minimum atomic E-state index is -0.485. The van der Waals surface area contributed by atoms with Gasteiger partial charge in [-0.3, -0.25) is 9.59 Å². The molecule has 0 radical (unpaired) electrons. The smallest absolute Gasteiger partial charge is 0.255 e. The minimum absolute atomic E-state index is 0.0682. The zero-order chi connectivity index (χ0) is 21.8. The summed E-state index contributed by atoms with van der Waals surface area (Å²) in [7, 11) is 0. The fraction of sp³-hybridized carbons (Fsp3) is 0.174. The van der Waals surface area contributed by atoms with E-state index in [0.29, 0.717) is 31.7 Å². The van der Waals surface area contributed by atoms with E-state index in [1.54, 1.807) is 16.0 Å². The molecule has 1 aromatic heterocycles. The van der Waals surface area contributed by atoms with Crippen LogP contribution in [0.1, 0.15) is 20.7 Å². The van der Waals surface area contributed by atoms with Crippen molar-refractivity contribution in [2.75, 3.05) is 26.2 Å². The lowest BCUT2D eigenvalue weighted by atomic mass is 10.1. The van der Waals surface area contributed by atoms with Crippen molar-refractivity contribution in [3.05, 3.63) is 88.8 Å². The molecule has 0 aliphatic carbocycles. The zero-order valence-corrected chi connectivity index (χ0v) is 18.1. The molecule has 0 atom stereocenters. The Labute approximate surface area is 188 Å². The fourth-order valence-corrected chi connectivity index (χ4v) is 4.34. The van der Waals surface area contributed by atoms with Gasteiger partial charge in [0.1, 0.15) is 10.8 Å². The second-order valence-electron chi connectivity index (χ2n) is 7.00. The summed E-state index contributed by atoms with van der Waals surface area (Å²) in [6.45, 7) is 1.64. The number of amides is 2. The van der Waals surface area contributed by atoms with Crippen molar-refractivity contribution < 1.29 is 14.0 Å². The molecule has 2 amide bonds. The van der Waals surface area contributed by atoms with Gasteiger partial charge in [-0.15, -0.1) is 0 Å². The van der Waals surface area contributed by atoms with E-state index in [0.717, 1.165) is 16.0 Å². The first-order chi connectivity index (χ1) is 15.0. The summed E-state index contributed by atoms with van der Waals surface area (Å²) >= 11 is 7.54. The molecule has 1 fully saturated rings. The van der Waals surface area contributed by atoms with Gasteiger partial charge in [0.05, 0.1) is 10.6 Å². The van der Waals surface area contributed by atoms with E-state index in [1.165, 1.54) is 23.9 Å². The van der Waals surface area contributed by atoms with Gasteiger partial charge in [0.25, 0.3) is 11.8 Å². The molecule has 2 aromatic carbocycles. The van der Waals surface area contributed by atoms with Gasteiger partial charge < -0.3 is 9.80 Å². The SMILES string of the molecule is O=C(c1ccc(Sc2ccccn2)cc1)N1CCN(C(=O)c2ccc(F)cc2Cl)CC1. The maximum Gasteiger partial charge on any atom is 0.255 e. The molecule has 0 N–H and O–H groups in total. The van der Waals surface area contributed by atoms with Crippen LogP contribution < -0.4 is 0 Å². The second-order valence-corrected chi connectivity index (χ2v) is 8.50. The van der Waals surface area contributed by atoms with Crippen LogP contribution >= 0.6 is 23.4 Å². The Balaban J connectivity index is 1.35. The van der Waals surface area contributed by atoms with E-state index in [-0.39, 0.29) is 22.4 Å². The third-order valence-corrected chi connectivity index (χ3v) is 6.25. The number of nitrogens with zero attached hydrogens (tertiary/aromatic N) is 3. The second kappa shape index (κ2) is 9.49. The van der Waals surface area contributed by atoms with Crippen LogP contribution in [-0.2, 0) is 0 Å². The van der Waals surface area contributed by atoms with Crippen LogP contribution in [0.5, 0.6) is 0 Å². The summed E-state index contributed by atoms with van der Waals surface area (Å²) in [4.78, 5) is 34.2. The summed E-state index contributed by atoms with van der Waals surface area (Å²) in [5.41, 5.74) is 0.871. The monoisotopic (exact) mass is 455 g/mol.